The van der Waals surface area contributed by atoms with Gasteiger partial charge in [-0.2, -0.15) is 0 Å². The molecule has 12 heavy (non-hydrogen) atoms. The highest BCUT2D eigenvalue weighted by atomic mass is 16.5. The third kappa shape index (κ3) is 1.94. The molecule has 1 aliphatic rings. The van der Waals surface area contributed by atoms with Crippen molar-refractivity contribution in [3.05, 3.63) is 11.6 Å². The molecule has 0 spiro atoms. The normalized spacial score (nSPS) is 17.2. The van der Waals surface area contributed by atoms with Crippen LogP contribution in [-0.4, -0.2) is 18.4 Å². The Hall–Kier alpha value is -1.12. The van der Waals surface area contributed by atoms with Gasteiger partial charge >= 0.3 is 5.97 Å². The second kappa shape index (κ2) is 3.52. The van der Waals surface area contributed by atoms with Crippen LogP contribution < -0.4 is 0 Å². The number of hydrogen-bond donors (Lipinski definition) is 0. The molecular weight excluding hydrogens is 156 g/mol. The molecule has 0 amide bonds. The van der Waals surface area contributed by atoms with E-state index in [-0.39, 0.29) is 11.7 Å². The molecule has 3 heteroatoms. The third-order valence-corrected chi connectivity index (χ3v) is 1.75. The Labute approximate surface area is 71.4 Å². The minimum Gasteiger partial charge on any atom is -0.462 e. The lowest BCUT2D eigenvalue weighted by molar-refractivity contribution is -0.139. The zero-order valence-electron chi connectivity index (χ0n) is 7.29. The minimum absolute atomic E-state index is 0.0397. The molecule has 0 N–H and O–H groups in total. The zero-order chi connectivity index (χ0) is 9.14. The number of ether oxygens (including phenoxy) is 1. The van der Waals surface area contributed by atoms with Gasteiger partial charge in [0.15, 0.2) is 5.78 Å². The molecule has 0 aliphatic carbocycles. The molecule has 66 valence electrons. The number of ketones is 1. The third-order valence-electron chi connectivity index (χ3n) is 1.75. The standard InChI is InChI=1S/C9H12O3/c1-6(2)9(11)7-3-4-12-8(10)5-7/h5-6H,3-4H2,1-2H3. The lowest BCUT2D eigenvalue weighted by Crippen LogP contribution is -2.19. The van der Waals surface area contributed by atoms with Gasteiger partial charge in [0.2, 0.25) is 0 Å². The van der Waals surface area contributed by atoms with Crippen molar-refractivity contribution in [1.82, 2.24) is 0 Å². The molecule has 0 saturated heterocycles. The summed E-state index contributed by atoms with van der Waals surface area (Å²) in [5, 5.41) is 0. The first-order valence-electron chi connectivity index (χ1n) is 4.03. The minimum atomic E-state index is -0.398. The van der Waals surface area contributed by atoms with E-state index < -0.39 is 5.97 Å². The number of hydrogen-bond acceptors (Lipinski definition) is 3. The molecule has 1 aliphatic heterocycles. The summed E-state index contributed by atoms with van der Waals surface area (Å²) in [6.07, 6.45) is 1.86. The van der Waals surface area contributed by atoms with Crippen molar-refractivity contribution in [2.75, 3.05) is 6.61 Å². The van der Waals surface area contributed by atoms with Gasteiger partial charge in [0.25, 0.3) is 0 Å². The van der Waals surface area contributed by atoms with E-state index in [1.54, 1.807) is 0 Å². The van der Waals surface area contributed by atoms with Crippen molar-refractivity contribution < 1.29 is 14.3 Å². The average molecular weight is 168 g/mol. The first-order valence-corrected chi connectivity index (χ1v) is 4.03. The fourth-order valence-corrected chi connectivity index (χ4v) is 1.08. The topological polar surface area (TPSA) is 43.4 Å². The monoisotopic (exact) mass is 168 g/mol. The molecule has 0 fully saturated rings. The van der Waals surface area contributed by atoms with E-state index in [1.807, 2.05) is 13.8 Å². The van der Waals surface area contributed by atoms with Gasteiger partial charge in [-0.15, -0.1) is 0 Å². The second-order valence-corrected chi connectivity index (χ2v) is 3.11. The van der Waals surface area contributed by atoms with Gasteiger partial charge in [0, 0.05) is 24.0 Å². The van der Waals surface area contributed by atoms with E-state index in [0.717, 1.165) is 0 Å². The van der Waals surface area contributed by atoms with Crippen LogP contribution in [0.2, 0.25) is 0 Å². The Morgan fingerprint density at radius 1 is 1.58 bits per heavy atom. The number of carbonyl (C=O) groups is 2. The van der Waals surface area contributed by atoms with Crippen LogP contribution in [0, 0.1) is 5.92 Å². The molecule has 0 aromatic carbocycles. The number of Topliss-reactive ketones (excluding diaryl/α,β-unsaturated/α-hetero) is 1. The predicted octanol–water partition coefficient (Wildman–Crippen LogP) is 1.08. The fourth-order valence-electron chi connectivity index (χ4n) is 1.08. The Bertz CT molecular complexity index is 238. The number of carbonyl (C=O) groups excluding carboxylic acids is 2. The Morgan fingerprint density at radius 3 is 2.75 bits per heavy atom. The number of rotatable bonds is 2. The largest absolute Gasteiger partial charge is 0.462 e. The highest BCUT2D eigenvalue weighted by Gasteiger charge is 2.18. The number of cyclic esters (lactones) is 1. The van der Waals surface area contributed by atoms with Gasteiger partial charge in [0.1, 0.15) is 0 Å². The smallest absolute Gasteiger partial charge is 0.331 e. The molecule has 0 unspecified atom stereocenters. The summed E-state index contributed by atoms with van der Waals surface area (Å²) < 4.78 is 4.67. The van der Waals surface area contributed by atoms with Crippen molar-refractivity contribution in [2.24, 2.45) is 5.92 Å². The van der Waals surface area contributed by atoms with Gasteiger partial charge in [0.05, 0.1) is 6.61 Å². The van der Waals surface area contributed by atoms with Crippen LogP contribution in [0.4, 0.5) is 0 Å². The van der Waals surface area contributed by atoms with Gasteiger partial charge < -0.3 is 4.74 Å². The molecule has 0 bridgehead atoms. The summed E-state index contributed by atoms with van der Waals surface area (Å²) in [6.45, 7) is 3.98. The van der Waals surface area contributed by atoms with E-state index in [2.05, 4.69) is 4.74 Å². The second-order valence-electron chi connectivity index (χ2n) is 3.11. The first-order chi connectivity index (χ1) is 5.61. The molecule has 0 saturated carbocycles. The van der Waals surface area contributed by atoms with Crippen LogP contribution in [0.3, 0.4) is 0 Å². The molecule has 1 heterocycles. The summed E-state index contributed by atoms with van der Waals surface area (Å²) >= 11 is 0. The van der Waals surface area contributed by atoms with Crippen molar-refractivity contribution in [3.8, 4) is 0 Å². The predicted molar refractivity (Wildman–Crippen MR) is 43.5 cm³/mol. The van der Waals surface area contributed by atoms with E-state index in [1.165, 1.54) is 6.08 Å². The Kier molecular flexibility index (Phi) is 2.63. The van der Waals surface area contributed by atoms with Crippen LogP contribution in [0.5, 0.6) is 0 Å². The van der Waals surface area contributed by atoms with Gasteiger partial charge in [-0.1, -0.05) is 13.8 Å². The van der Waals surface area contributed by atoms with E-state index in [4.69, 9.17) is 0 Å². The van der Waals surface area contributed by atoms with Crippen LogP contribution in [0.1, 0.15) is 20.3 Å². The van der Waals surface area contributed by atoms with Crippen LogP contribution in [-0.2, 0) is 14.3 Å². The maximum atomic E-state index is 11.4. The molecule has 0 atom stereocenters. The van der Waals surface area contributed by atoms with Crippen molar-refractivity contribution in [2.45, 2.75) is 20.3 Å². The summed E-state index contributed by atoms with van der Waals surface area (Å²) in [4.78, 5) is 22.1. The summed E-state index contributed by atoms with van der Waals surface area (Å²) in [5.74, 6) is -0.390. The highest BCUT2D eigenvalue weighted by molar-refractivity contribution is 6.02. The molecular formula is C9H12O3. The highest BCUT2D eigenvalue weighted by Crippen LogP contribution is 2.13. The summed E-state index contributed by atoms with van der Waals surface area (Å²) in [7, 11) is 0. The first kappa shape index (κ1) is 8.97. The molecule has 1 rings (SSSR count). The van der Waals surface area contributed by atoms with Gasteiger partial charge in [-0.25, -0.2) is 4.79 Å². The molecule has 3 nitrogen and oxygen atoms in total. The average Bonchev–Trinajstić information content (AvgIpc) is 2.03. The maximum Gasteiger partial charge on any atom is 0.331 e. The van der Waals surface area contributed by atoms with Gasteiger partial charge in [-0.3, -0.25) is 4.79 Å². The SMILES string of the molecule is CC(C)C(=O)C1=CC(=O)OCC1. The number of esters is 1. The maximum absolute atomic E-state index is 11.4. The summed E-state index contributed by atoms with van der Waals surface area (Å²) in [5.41, 5.74) is 0.598. The molecule has 0 aromatic rings. The molecule has 0 radical (unpaired) electrons. The fraction of sp³-hybridized carbons (Fsp3) is 0.556. The van der Waals surface area contributed by atoms with Crippen LogP contribution in [0.25, 0.3) is 0 Å². The molecule has 0 aromatic heterocycles. The van der Waals surface area contributed by atoms with E-state index in [9.17, 15) is 9.59 Å². The lowest BCUT2D eigenvalue weighted by atomic mass is 9.98. The van der Waals surface area contributed by atoms with E-state index >= 15 is 0 Å². The lowest BCUT2D eigenvalue weighted by Gasteiger charge is -2.13. The van der Waals surface area contributed by atoms with Crippen molar-refractivity contribution >= 4 is 11.8 Å². The zero-order valence-corrected chi connectivity index (χ0v) is 7.29. The van der Waals surface area contributed by atoms with Crippen LogP contribution >= 0.6 is 0 Å². The quantitative estimate of drug-likeness (QED) is 0.579. The Balaban J connectivity index is 2.74. The van der Waals surface area contributed by atoms with Gasteiger partial charge in [-0.05, 0) is 0 Å². The van der Waals surface area contributed by atoms with E-state index in [0.29, 0.717) is 18.6 Å². The van der Waals surface area contributed by atoms with Crippen molar-refractivity contribution in [1.29, 1.82) is 0 Å². The van der Waals surface area contributed by atoms with Crippen LogP contribution in [0.15, 0.2) is 11.6 Å². The van der Waals surface area contributed by atoms with Crippen molar-refractivity contribution in [3.63, 3.8) is 0 Å². The summed E-state index contributed by atoms with van der Waals surface area (Å²) in [6, 6.07) is 0. The Morgan fingerprint density at radius 2 is 2.25 bits per heavy atom.